The third-order valence-electron chi connectivity index (χ3n) is 8.31. The average Bonchev–Trinajstić information content (AvgIpc) is 3.42. The number of Topliss-reactive ketones (excluding diaryl/α,β-unsaturated/α-hetero) is 1. The predicted octanol–water partition coefficient (Wildman–Crippen LogP) is 4.78. The minimum Gasteiger partial charge on any atom is -0.434 e. The molecule has 4 rings (SSSR count). The minimum atomic E-state index is -1.05. The van der Waals surface area contributed by atoms with E-state index in [9.17, 15) is 24.3 Å². The van der Waals surface area contributed by atoms with Crippen LogP contribution >= 0.6 is 0 Å². The first kappa shape index (κ1) is 34.4. The Morgan fingerprint density at radius 3 is 2.13 bits per heavy atom. The number of carbonyl (C=O) groups is 4. The van der Waals surface area contributed by atoms with Crippen LogP contribution in [0.25, 0.3) is 0 Å². The van der Waals surface area contributed by atoms with Gasteiger partial charge < -0.3 is 20.5 Å². The van der Waals surface area contributed by atoms with Crippen molar-refractivity contribution < 1.29 is 29.0 Å². The summed E-state index contributed by atoms with van der Waals surface area (Å²) in [6, 6.07) is 25.3. The number of aliphatic hydroxyl groups is 1. The smallest absolute Gasteiger partial charge is 0.415 e. The minimum absolute atomic E-state index is 0.0488. The van der Waals surface area contributed by atoms with Gasteiger partial charge in [-0.05, 0) is 66.8 Å². The molecule has 1 heterocycles. The molecule has 3 N–H and O–H groups in total. The number of hydrogen-bond donors (Lipinski definition) is 3. The van der Waals surface area contributed by atoms with E-state index in [4.69, 9.17) is 4.74 Å². The number of nitrogens with one attached hydrogen (secondary N) is 2. The third-order valence-corrected chi connectivity index (χ3v) is 8.31. The highest BCUT2D eigenvalue weighted by Crippen LogP contribution is 2.25. The summed E-state index contributed by atoms with van der Waals surface area (Å²) in [6.45, 7) is 7.15. The molecule has 1 saturated heterocycles. The number of rotatable bonds is 15. The topological polar surface area (TPSA) is 125 Å². The van der Waals surface area contributed by atoms with Crippen LogP contribution in [0.15, 0.2) is 84.9 Å². The molecule has 0 aliphatic carbocycles. The van der Waals surface area contributed by atoms with Gasteiger partial charge in [0.25, 0.3) is 5.91 Å². The highest BCUT2D eigenvalue weighted by Gasteiger charge is 2.39. The van der Waals surface area contributed by atoms with E-state index in [1.165, 1.54) is 11.8 Å². The van der Waals surface area contributed by atoms with Gasteiger partial charge in [-0.15, -0.1) is 0 Å². The second-order valence-corrected chi connectivity index (χ2v) is 12.6. The molecule has 0 saturated carbocycles. The molecule has 5 atom stereocenters. The van der Waals surface area contributed by atoms with E-state index in [1.54, 1.807) is 6.07 Å². The summed E-state index contributed by atoms with van der Waals surface area (Å²) in [7, 11) is 0. The van der Waals surface area contributed by atoms with E-state index < -0.39 is 36.3 Å². The Morgan fingerprint density at radius 1 is 0.913 bits per heavy atom. The summed E-state index contributed by atoms with van der Waals surface area (Å²) in [5.41, 5.74) is 3.56. The van der Waals surface area contributed by atoms with Gasteiger partial charge >= 0.3 is 6.09 Å². The van der Waals surface area contributed by atoms with E-state index in [0.29, 0.717) is 18.5 Å². The van der Waals surface area contributed by atoms with Crippen LogP contribution in [0.5, 0.6) is 0 Å². The van der Waals surface area contributed by atoms with Crippen molar-refractivity contribution in [3.63, 3.8) is 0 Å². The number of benzene rings is 3. The molecule has 9 nitrogen and oxygen atoms in total. The van der Waals surface area contributed by atoms with Crippen molar-refractivity contribution in [1.29, 1.82) is 0 Å². The maximum absolute atomic E-state index is 13.5. The zero-order valence-corrected chi connectivity index (χ0v) is 27.0. The SMILES string of the molecule is CC(=O)N[C@H](C(=O)C[C@@H](Cc1ccccc1)C[C@H](O)[C@H](Cc1ccccc1)NC(=O)C1CN(c2cccc(C)c2)C(=O)O1)C(C)C. The number of cyclic esters (lactones) is 1. The van der Waals surface area contributed by atoms with Crippen LogP contribution < -0.4 is 15.5 Å². The monoisotopic (exact) mass is 627 g/mol. The van der Waals surface area contributed by atoms with E-state index in [1.807, 2.05) is 99.6 Å². The molecule has 3 aromatic carbocycles. The Morgan fingerprint density at radius 2 is 1.54 bits per heavy atom. The Labute approximate surface area is 271 Å². The molecule has 3 amide bonds. The normalized spacial score (nSPS) is 17.1. The van der Waals surface area contributed by atoms with Gasteiger partial charge in [-0.2, -0.15) is 0 Å². The number of ether oxygens (including phenoxy) is 1. The van der Waals surface area contributed by atoms with Gasteiger partial charge in [0, 0.05) is 19.0 Å². The Bertz CT molecular complexity index is 1480. The van der Waals surface area contributed by atoms with Crippen molar-refractivity contribution in [3.05, 3.63) is 102 Å². The standard InChI is InChI=1S/C37H45N3O6/c1-24(2)35(38-26(4)41)33(43)22-29(19-27-13-7-5-8-14-27)21-32(42)31(20-28-15-9-6-10-16-28)39-36(44)34-23-40(37(45)46-34)30-17-11-12-25(3)18-30/h5-18,24,29,31-32,34-35,42H,19-23H2,1-4H3,(H,38,41)(H,39,44)/t29-,31-,32-,34?,35-/m0/s1. The van der Waals surface area contributed by atoms with Gasteiger partial charge in [0.1, 0.15) is 0 Å². The third kappa shape index (κ3) is 9.75. The molecule has 244 valence electrons. The molecule has 1 aliphatic heterocycles. The summed E-state index contributed by atoms with van der Waals surface area (Å²) >= 11 is 0. The highest BCUT2D eigenvalue weighted by atomic mass is 16.6. The number of ketones is 1. The van der Waals surface area contributed by atoms with Crippen LogP contribution in [-0.2, 0) is 32.0 Å². The lowest BCUT2D eigenvalue weighted by atomic mass is 9.84. The van der Waals surface area contributed by atoms with Crippen molar-refractivity contribution >= 4 is 29.4 Å². The summed E-state index contributed by atoms with van der Waals surface area (Å²) in [6.07, 6.45) is -1.44. The fraction of sp³-hybridized carbons (Fsp3) is 0.405. The molecule has 46 heavy (non-hydrogen) atoms. The van der Waals surface area contributed by atoms with E-state index in [-0.39, 0.29) is 42.9 Å². The summed E-state index contributed by atoms with van der Waals surface area (Å²) in [5.74, 6) is -1.24. The van der Waals surface area contributed by atoms with Gasteiger partial charge in [0.05, 0.1) is 24.7 Å². The lowest BCUT2D eigenvalue weighted by Crippen LogP contribution is -2.50. The van der Waals surface area contributed by atoms with Crippen LogP contribution in [0.1, 0.15) is 50.3 Å². The Hall–Kier alpha value is -4.50. The first-order chi connectivity index (χ1) is 22.0. The van der Waals surface area contributed by atoms with E-state index in [0.717, 1.165) is 16.7 Å². The lowest BCUT2D eigenvalue weighted by molar-refractivity contribution is -0.130. The summed E-state index contributed by atoms with van der Waals surface area (Å²) in [4.78, 5) is 53.0. The van der Waals surface area contributed by atoms with Crippen molar-refractivity contribution in [1.82, 2.24) is 10.6 Å². The molecule has 9 heteroatoms. The number of hydrogen-bond acceptors (Lipinski definition) is 6. The van der Waals surface area contributed by atoms with Gasteiger partial charge in [-0.25, -0.2) is 4.79 Å². The van der Waals surface area contributed by atoms with Crippen molar-refractivity contribution in [2.45, 2.75) is 77.7 Å². The number of aliphatic hydroxyl groups excluding tert-OH is 1. The molecule has 1 aliphatic rings. The van der Waals surface area contributed by atoms with Crippen LogP contribution in [0.4, 0.5) is 10.5 Å². The molecule has 0 bridgehead atoms. The van der Waals surface area contributed by atoms with Crippen LogP contribution in [0.3, 0.4) is 0 Å². The second-order valence-electron chi connectivity index (χ2n) is 12.6. The van der Waals surface area contributed by atoms with Crippen LogP contribution in [-0.4, -0.2) is 59.6 Å². The summed E-state index contributed by atoms with van der Waals surface area (Å²) < 4.78 is 5.47. The number of anilines is 1. The van der Waals surface area contributed by atoms with E-state index in [2.05, 4.69) is 10.6 Å². The zero-order valence-electron chi connectivity index (χ0n) is 27.0. The molecule has 3 aromatic rings. The first-order valence-electron chi connectivity index (χ1n) is 15.9. The zero-order chi connectivity index (χ0) is 33.2. The average molecular weight is 628 g/mol. The molecule has 1 unspecified atom stereocenters. The number of amides is 3. The van der Waals surface area contributed by atoms with Crippen molar-refractivity contribution in [2.24, 2.45) is 11.8 Å². The molecule has 0 radical (unpaired) electrons. The maximum Gasteiger partial charge on any atom is 0.415 e. The van der Waals surface area contributed by atoms with Gasteiger partial charge in [0.2, 0.25) is 5.91 Å². The molecular weight excluding hydrogens is 582 g/mol. The lowest BCUT2D eigenvalue weighted by Gasteiger charge is -2.29. The molecule has 0 spiro atoms. The van der Waals surface area contributed by atoms with Crippen LogP contribution in [0, 0.1) is 18.8 Å². The quantitative estimate of drug-likeness (QED) is 0.223. The molecule has 0 aromatic heterocycles. The number of carbonyl (C=O) groups excluding carboxylic acids is 4. The highest BCUT2D eigenvalue weighted by molar-refractivity contribution is 5.95. The second kappa shape index (κ2) is 16.2. The summed E-state index contributed by atoms with van der Waals surface area (Å²) in [5, 5.41) is 17.5. The predicted molar refractivity (Wildman–Crippen MR) is 177 cm³/mol. The van der Waals surface area contributed by atoms with Gasteiger partial charge in [-0.1, -0.05) is 86.6 Å². The van der Waals surface area contributed by atoms with Crippen molar-refractivity contribution in [3.8, 4) is 0 Å². The van der Waals surface area contributed by atoms with Gasteiger partial charge in [-0.3, -0.25) is 19.3 Å². The fourth-order valence-corrected chi connectivity index (χ4v) is 5.97. The number of nitrogens with zero attached hydrogens (tertiary/aromatic N) is 1. The van der Waals surface area contributed by atoms with Gasteiger partial charge in [0.15, 0.2) is 11.9 Å². The first-order valence-corrected chi connectivity index (χ1v) is 15.9. The molecular formula is C37H45N3O6. The van der Waals surface area contributed by atoms with E-state index >= 15 is 0 Å². The number of aryl methyl sites for hydroxylation is 1. The molecule has 1 fully saturated rings. The fourth-order valence-electron chi connectivity index (χ4n) is 5.97. The Kier molecular flexibility index (Phi) is 12.1. The van der Waals surface area contributed by atoms with Crippen molar-refractivity contribution in [2.75, 3.05) is 11.4 Å². The Balaban J connectivity index is 1.53. The largest absolute Gasteiger partial charge is 0.434 e. The maximum atomic E-state index is 13.5. The van der Waals surface area contributed by atoms with Crippen LogP contribution in [0.2, 0.25) is 0 Å².